The van der Waals surface area contributed by atoms with Crippen molar-refractivity contribution in [1.29, 1.82) is 0 Å². The van der Waals surface area contributed by atoms with Crippen molar-refractivity contribution in [2.75, 3.05) is 5.75 Å². The number of sulfone groups is 1. The molecule has 2 rings (SSSR count). The maximum Gasteiger partial charge on any atom is 0.344 e. The first kappa shape index (κ1) is 17.0. The average molecular weight is 404 g/mol. The monoisotopic (exact) mass is 402 g/mol. The lowest BCUT2D eigenvalue weighted by molar-refractivity contribution is 0.0729. The largest absolute Gasteiger partial charge is 0.422 e. The zero-order valence-corrected chi connectivity index (χ0v) is 14.7. The van der Waals surface area contributed by atoms with Crippen LogP contribution in [0.4, 0.5) is 0 Å². The molecular formula is C15H12BrClO4S. The van der Waals surface area contributed by atoms with Crippen LogP contribution in [0.3, 0.4) is 0 Å². The molecule has 0 heterocycles. The van der Waals surface area contributed by atoms with Crippen LogP contribution < -0.4 is 4.74 Å². The Balaban J connectivity index is 2.39. The van der Waals surface area contributed by atoms with Gasteiger partial charge in [-0.15, -0.1) is 0 Å². The van der Waals surface area contributed by atoms with Crippen molar-refractivity contribution in [2.45, 2.75) is 11.8 Å². The van der Waals surface area contributed by atoms with Crippen LogP contribution >= 0.6 is 27.5 Å². The first-order valence-corrected chi connectivity index (χ1v) is 9.16. The summed E-state index contributed by atoms with van der Waals surface area (Å²) in [6.45, 7) is 1.52. The van der Waals surface area contributed by atoms with E-state index in [-0.39, 0.29) is 22.0 Å². The molecule has 0 saturated heterocycles. The number of esters is 1. The van der Waals surface area contributed by atoms with Crippen molar-refractivity contribution in [2.24, 2.45) is 0 Å². The van der Waals surface area contributed by atoms with Crippen molar-refractivity contribution >= 4 is 43.3 Å². The number of hydrogen-bond donors (Lipinski definition) is 0. The van der Waals surface area contributed by atoms with E-state index in [9.17, 15) is 13.2 Å². The Hall–Kier alpha value is -1.37. The molecule has 0 atom stereocenters. The lowest BCUT2D eigenvalue weighted by Crippen LogP contribution is -2.15. The zero-order chi connectivity index (χ0) is 16.3. The fourth-order valence-corrected chi connectivity index (χ4v) is 3.62. The summed E-state index contributed by atoms with van der Waals surface area (Å²) in [5.74, 6) is -0.573. The first-order chi connectivity index (χ1) is 10.3. The maximum absolute atomic E-state index is 12.3. The van der Waals surface area contributed by atoms with Crippen molar-refractivity contribution < 1.29 is 17.9 Å². The molecule has 0 aliphatic carbocycles. The molecule has 116 valence electrons. The van der Waals surface area contributed by atoms with E-state index in [0.29, 0.717) is 9.50 Å². The molecule has 4 nitrogen and oxygen atoms in total. The van der Waals surface area contributed by atoms with Gasteiger partial charge in [0.15, 0.2) is 9.84 Å². The van der Waals surface area contributed by atoms with Crippen molar-refractivity contribution in [1.82, 2.24) is 0 Å². The highest BCUT2D eigenvalue weighted by atomic mass is 79.9. The molecule has 0 fully saturated rings. The maximum atomic E-state index is 12.3. The average Bonchev–Trinajstić information content (AvgIpc) is 2.50. The van der Waals surface area contributed by atoms with Gasteiger partial charge in [-0.25, -0.2) is 13.2 Å². The summed E-state index contributed by atoms with van der Waals surface area (Å²) >= 11 is 9.06. The Morgan fingerprint density at radius 3 is 2.55 bits per heavy atom. The van der Waals surface area contributed by atoms with Gasteiger partial charge in [0.05, 0.1) is 20.7 Å². The lowest BCUT2D eigenvalue weighted by atomic mass is 10.2. The minimum absolute atomic E-state index is 0.00574. The molecule has 0 aliphatic rings. The molecule has 0 aliphatic heterocycles. The minimum Gasteiger partial charge on any atom is -0.422 e. The predicted molar refractivity (Wildman–Crippen MR) is 88.3 cm³/mol. The van der Waals surface area contributed by atoms with E-state index >= 15 is 0 Å². The van der Waals surface area contributed by atoms with Crippen LogP contribution in [-0.4, -0.2) is 20.1 Å². The van der Waals surface area contributed by atoms with E-state index < -0.39 is 15.8 Å². The van der Waals surface area contributed by atoms with Gasteiger partial charge in [-0.3, -0.25) is 0 Å². The second kappa shape index (κ2) is 6.81. The van der Waals surface area contributed by atoms with Gasteiger partial charge in [-0.2, -0.15) is 0 Å². The fraction of sp³-hybridized carbons (Fsp3) is 0.133. The SMILES string of the molecule is CCS(=O)(=O)c1ccccc1C(=O)Oc1ccc(Cl)cc1Br. The van der Waals surface area contributed by atoms with Gasteiger partial charge in [-0.1, -0.05) is 30.7 Å². The third-order valence-electron chi connectivity index (χ3n) is 2.92. The van der Waals surface area contributed by atoms with Gasteiger partial charge in [-0.05, 0) is 46.3 Å². The first-order valence-electron chi connectivity index (χ1n) is 6.34. The summed E-state index contributed by atoms with van der Waals surface area (Å²) in [5, 5.41) is 0.487. The van der Waals surface area contributed by atoms with Crippen LogP contribution in [0.2, 0.25) is 5.02 Å². The van der Waals surface area contributed by atoms with Gasteiger partial charge >= 0.3 is 5.97 Å². The van der Waals surface area contributed by atoms with Gasteiger partial charge in [0.1, 0.15) is 5.75 Å². The molecule has 0 saturated carbocycles. The Labute approximate surface area is 142 Å². The molecule has 22 heavy (non-hydrogen) atoms. The third kappa shape index (κ3) is 3.69. The number of rotatable bonds is 4. The second-order valence-corrected chi connectivity index (χ2v) is 7.90. The van der Waals surface area contributed by atoms with E-state index in [4.69, 9.17) is 16.3 Å². The highest BCUT2D eigenvalue weighted by molar-refractivity contribution is 9.10. The molecule has 2 aromatic carbocycles. The summed E-state index contributed by atoms with van der Waals surface area (Å²) in [7, 11) is -3.52. The molecule has 0 bridgehead atoms. The molecule has 0 N–H and O–H groups in total. The van der Waals surface area contributed by atoms with Crippen LogP contribution in [-0.2, 0) is 9.84 Å². The van der Waals surface area contributed by atoms with Crippen LogP contribution in [0.5, 0.6) is 5.75 Å². The summed E-state index contributed by atoms with van der Waals surface area (Å²) in [6, 6.07) is 10.7. The van der Waals surface area contributed by atoms with E-state index in [2.05, 4.69) is 15.9 Å². The topological polar surface area (TPSA) is 60.4 Å². The molecule has 2 aromatic rings. The van der Waals surface area contributed by atoms with Gasteiger partial charge in [0.25, 0.3) is 0 Å². The van der Waals surface area contributed by atoms with Crippen molar-refractivity contribution in [3.8, 4) is 5.75 Å². The standard InChI is InChI=1S/C15H12BrClO4S/c1-2-22(19,20)14-6-4-3-5-11(14)15(18)21-13-8-7-10(17)9-12(13)16/h3-9H,2H2,1H3. The summed E-state index contributed by atoms with van der Waals surface area (Å²) in [4.78, 5) is 12.3. The minimum atomic E-state index is -3.52. The second-order valence-electron chi connectivity index (χ2n) is 4.36. The number of halogens is 2. The van der Waals surface area contributed by atoms with Gasteiger partial charge in [0.2, 0.25) is 0 Å². The van der Waals surface area contributed by atoms with Crippen LogP contribution in [0, 0.1) is 0 Å². The van der Waals surface area contributed by atoms with E-state index in [1.165, 1.54) is 25.1 Å². The van der Waals surface area contributed by atoms with Gasteiger partial charge < -0.3 is 4.74 Å². The number of hydrogen-bond acceptors (Lipinski definition) is 4. The zero-order valence-electron chi connectivity index (χ0n) is 11.5. The van der Waals surface area contributed by atoms with Crippen LogP contribution in [0.1, 0.15) is 17.3 Å². The Bertz CT molecular complexity index is 818. The molecule has 0 radical (unpaired) electrons. The van der Waals surface area contributed by atoms with Crippen molar-refractivity contribution in [3.63, 3.8) is 0 Å². The summed E-state index contributed by atoms with van der Waals surface area (Å²) < 4.78 is 29.9. The molecule has 0 unspecified atom stereocenters. The number of carbonyl (C=O) groups is 1. The van der Waals surface area contributed by atoms with E-state index in [1.807, 2.05) is 0 Å². The Kier molecular flexibility index (Phi) is 5.26. The lowest BCUT2D eigenvalue weighted by Gasteiger charge is -2.10. The Morgan fingerprint density at radius 2 is 1.91 bits per heavy atom. The normalized spacial score (nSPS) is 11.2. The Morgan fingerprint density at radius 1 is 1.23 bits per heavy atom. The van der Waals surface area contributed by atoms with Gasteiger partial charge in [0, 0.05) is 5.02 Å². The van der Waals surface area contributed by atoms with Crippen LogP contribution in [0.25, 0.3) is 0 Å². The number of benzene rings is 2. The molecule has 7 heteroatoms. The molecule has 0 amide bonds. The molecule has 0 spiro atoms. The number of carbonyl (C=O) groups excluding carboxylic acids is 1. The number of ether oxygens (including phenoxy) is 1. The van der Waals surface area contributed by atoms with Crippen LogP contribution in [0.15, 0.2) is 51.8 Å². The predicted octanol–water partition coefficient (Wildman–Crippen LogP) is 4.12. The summed E-state index contributed by atoms with van der Waals surface area (Å²) in [5.41, 5.74) is 0.00574. The van der Waals surface area contributed by atoms with E-state index in [0.717, 1.165) is 0 Å². The van der Waals surface area contributed by atoms with E-state index in [1.54, 1.807) is 24.3 Å². The quantitative estimate of drug-likeness (QED) is 0.569. The van der Waals surface area contributed by atoms with Crippen molar-refractivity contribution in [3.05, 3.63) is 57.5 Å². The molecule has 0 aromatic heterocycles. The molecular weight excluding hydrogens is 392 g/mol. The smallest absolute Gasteiger partial charge is 0.344 e. The highest BCUT2D eigenvalue weighted by Crippen LogP contribution is 2.29. The fourth-order valence-electron chi connectivity index (χ4n) is 1.77. The third-order valence-corrected chi connectivity index (χ3v) is 5.56. The highest BCUT2D eigenvalue weighted by Gasteiger charge is 2.22. The summed E-state index contributed by atoms with van der Waals surface area (Å²) in [6.07, 6.45) is 0.